The summed E-state index contributed by atoms with van der Waals surface area (Å²) in [7, 11) is 0. The summed E-state index contributed by atoms with van der Waals surface area (Å²) in [6, 6.07) is 7.36. The average Bonchev–Trinajstić information content (AvgIpc) is 3.01. The van der Waals surface area contributed by atoms with Crippen molar-refractivity contribution in [1.29, 1.82) is 0 Å². The number of hydrogen-bond donors (Lipinski definition) is 2. The molecule has 0 aliphatic carbocycles. The second-order valence-electron chi connectivity index (χ2n) is 6.31. The molecule has 2 aromatic rings. The molecule has 3 N–H and O–H groups in total. The fourth-order valence-corrected chi connectivity index (χ4v) is 3.15. The minimum Gasteiger partial charge on any atom is -0.438 e. The first-order valence-corrected chi connectivity index (χ1v) is 8.70. The second-order valence-corrected chi connectivity index (χ2v) is 6.74. The predicted molar refractivity (Wildman–Crippen MR) is 102 cm³/mol. The van der Waals surface area contributed by atoms with Crippen molar-refractivity contribution >= 4 is 29.9 Å². The summed E-state index contributed by atoms with van der Waals surface area (Å²) in [6.07, 6.45) is 1.27. The number of carbonyl (C=O) groups is 1. The van der Waals surface area contributed by atoms with Gasteiger partial charge in [0.2, 0.25) is 11.8 Å². The zero-order valence-electron chi connectivity index (χ0n) is 14.6. The second kappa shape index (κ2) is 8.86. The number of nitrogens with one attached hydrogen (secondary N) is 1. The molecule has 0 spiro atoms. The van der Waals surface area contributed by atoms with Crippen LogP contribution in [0.1, 0.15) is 24.4 Å². The number of ether oxygens (including phenoxy) is 1. The highest BCUT2D eigenvalue weighted by Gasteiger charge is 2.38. The molecule has 3 rings (SSSR count). The molecule has 1 fully saturated rings. The fourth-order valence-electron chi connectivity index (χ4n) is 3.03. The molecule has 0 atom stereocenters. The summed E-state index contributed by atoms with van der Waals surface area (Å²) in [5.41, 5.74) is 6.97. The number of nitrogens with two attached hydrogens (primary N) is 1. The molecule has 0 bridgehead atoms. The highest BCUT2D eigenvalue weighted by molar-refractivity contribution is 6.30. The summed E-state index contributed by atoms with van der Waals surface area (Å²) >= 11 is 5.92. The third kappa shape index (κ3) is 4.38. The molecule has 6 nitrogen and oxygen atoms in total. The van der Waals surface area contributed by atoms with E-state index in [1.165, 1.54) is 0 Å². The number of benzene rings is 1. The van der Waals surface area contributed by atoms with Crippen LogP contribution in [0.2, 0.25) is 5.02 Å². The number of oxazole rings is 1. The van der Waals surface area contributed by atoms with Gasteiger partial charge in [0.05, 0.1) is 17.7 Å². The van der Waals surface area contributed by atoms with E-state index in [9.17, 15) is 4.79 Å². The Morgan fingerprint density at radius 2 is 1.96 bits per heavy atom. The van der Waals surface area contributed by atoms with Crippen LogP contribution >= 0.6 is 24.0 Å². The Labute approximate surface area is 163 Å². The van der Waals surface area contributed by atoms with Gasteiger partial charge < -0.3 is 20.2 Å². The fraction of sp³-hybridized carbons (Fsp3) is 0.444. The minimum absolute atomic E-state index is 0. The molecule has 1 aromatic heterocycles. The summed E-state index contributed by atoms with van der Waals surface area (Å²) in [5, 5.41) is 3.57. The highest BCUT2D eigenvalue weighted by Crippen LogP contribution is 2.30. The number of aryl methyl sites for hydroxylation is 1. The van der Waals surface area contributed by atoms with E-state index in [4.69, 9.17) is 26.5 Å². The van der Waals surface area contributed by atoms with E-state index in [1.54, 1.807) is 12.1 Å². The van der Waals surface area contributed by atoms with E-state index in [1.807, 2.05) is 19.1 Å². The molecule has 8 heteroatoms. The average molecular weight is 400 g/mol. The molecule has 0 saturated carbocycles. The van der Waals surface area contributed by atoms with Crippen LogP contribution in [-0.4, -0.2) is 30.6 Å². The van der Waals surface area contributed by atoms with Crippen molar-refractivity contribution in [2.45, 2.75) is 26.3 Å². The molecule has 2 heterocycles. The van der Waals surface area contributed by atoms with Crippen LogP contribution in [0.3, 0.4) is 0 Å². The SMILES string of the molecule is Cc1nc(CNC(=O)C2(CN)CCOCC2)oc1-c1ccc(Cl)cc1.Cl. The quantitative estimate of drug-likeness (QED) is 0.805. The number of carbonyl (C=O) groups excluding carboxylic acids is 1. The van der Waals surface area contributed by atoms with Crippen molar-refractivity contribution in [2.24, 2.45) is 11.1 Å². The van der Waals surface area contributed by atoms with Crippen LogP contribution in [0.15, 0.2) is 28.7 Å². The Hall–Kier alpha value is -1.60. The van der Waals surface area contributed by atoms with Gasteiger partial charge in [-0.05, 0) is 44.0 Å². The lowest BCUT2D eigenvalue weighted by Crippen LogP contribution is -2.49. The lowest BCUT2D eigenvalue weighted by Gasteiger charge is -2.34. The van der Waals surface area contributed by atoms with Gasteiger partial charge in [0.15, 0.2) is 5.76 Å². The monoisotopic (exact) mass is 399 g/mol. The van der Waals surface area contributed by atoms with Gasteiger partial charge in [-0.25, -0.2) is 4.98 Å². The normalized spacial score (nSPS) is 16.0. The summed E-state index contributed by atoms with van der Waals surface area (Å²) < 4.78 is 11.2. The lowest BCUT2D eigenvalue weighted by atomic mass is 9.79. The van der Waals surface area contributed by atoms with E-state index < -0.39 is 5.41 Å². The predicted octanol–water partition coefficient (Wildman–Crippen LogP) is 3.10. The van der Waals surface area contributed by atoms with Gasteiger partial charge >= 0.3 is 0 Å². The summed E-state index contributed by atoms with van der Waals surface area (Å²) in [5.74, 6) is 1.08. The maximum atomic E-state index is 12.6. The zero-order valence-corrected chi connectivity index (χ0v) is 16.2. The third-order valence-corrected chi connectivity index (χ3v) is 4.92. The lowest BCUT2D eigenvalue weighted by molar-refractivity contribution is -0.136. The Kier molecular flexibility index (Phi) is 7.06. The first kappa shape index (κ1) is 20.7. The molecule has 0 unspecified atom stereocenters. The van der Waals surface area contributed by atoms with Crippen LogP contribution in [-0.2, 0) is 16.1 Å². The Bertz CT molecular complexity index is 741. The van der Waals surface area contributed by atoms with Crippen LogP contribution in [0.4, 0.5) is 0 Å². The number of aromatic nitrogens is 1. The smallest absolute Gasteiger partial charge is 0.228 e. The van der Waals surface area contributed by atoms with Gasteiger partial charge in [-0.1, -0.05) is 11.6 Å². The zero-order chi connectivity index (χ0) is 17.9. The summed E-state index contributed by atoms with van der Waals surface area (Å²) in [6.45, 7) is 3.53. The van der Waals surface area contributed by atoms with Crippen molar-refractivity contribution in [1.82, 2.24) is 10.3 Å². The number of nitrogens with zero attached hydrogens (tertiary/aromatic N) is 1. The van der Waals surface area contributed by atoms with Crippen LogP contribution < -0.4 is 11.1 Å². The van der Waals surface area contributed by atoms with Crippen molar-refractivity contribution in [3.05, 3.63) is 40.9 Å². The standard InChI is InChI=1S/C18H22ClN3O3.ClH/c1-12-16(13-2-4-14(19)5-3-13)25-15(22-12)10-21-17(23)18(11-20)6-8-24-9-7-18;/h2-5H,6-11,20H2,1H3,(H,21,23);1H. The van der Waals surface area contributed by atoms with E-state index >= 15 is 0 Å². The van der Waals surface area contributed by atoms with Crippen molar-refractivity contribution in [2.75, 3.05) is 19.8 Å². The highest BCUT2D eigenvalue weighted by atomic mass is 35.5. The van der Waals surface area contributed by atoms with Crippen molar-refractivity contribution in [3.63, 3.8) is 0 Å². The van der Waals surface area contributed by atoms with Gasteiger partial charge in [0.25, 0.3) is 0 Å². The third-order valence-electron chi connectivity index (χ3n) is 4.67. The van der Waals surface area contributed by atoms with Crippen LogP contribution in [0.25, 0.3) is 11.3 Å². The largest absolute Gasteiger partial charge is 0.438 e. The summed E-state index contributed by atoms with van der Waals surface area (Å²) in [4.78, 5) is 17.0. The van der Waals surface area contributed by atoms with E-state index in [-0.39, 0.29) is 24.9 Å². The first-order chi connectivity index (χ1) is 12.0. The van der Waals surface area contributed by atoms with Gasteiger partial charge in [-0.15, -0.1) is 12.4 Å². The van der Waals surface area contributed by atoms with E-state index in [2.05, 4.69) is 10.3 Å². The Morgan fingerprint density at radius 1 is 1.31 bits per heavy atom. The molecular formula is C18H23Cl2N3O3. The van der Waals surface area contributed by atoms with Crippen molar-refractivity contribution < 1.29 is 13.9 Å². The molecule has 1 aliphatic heterocycles. The van der Waals surface area contributed by atoms with Crippen molar-refractivity contribution in [3.8, 4) is 11.3 Å². The molecule has 26 heavy (non-hydrogen) atoms. The van der Waals surface area contributed by atoms with Crippen LogP contribution in [0.5, 0.6) is 0 Å². The first-order valence-electron chi connectivity index (χ1n) is 8.32. The number of amides is 1. The molecule has 1 aliphatic rings. The molecule has 142 valence electrons. The molecule has 1 amide bonds. The molecule has 0 radical (unpaired) electrons. The van der Waals surface area contributed by atoms with Gasteiger partial charge in [0, 0.05) is 30.3 Å². The number of rotatable bonds is 5. The molecule has 1 aromatic carbocycles. The van der Waals surface area contributed by atoms with Gasteiger partial charge in [-0.2, -0.15) is 0 Å². The minimum atomic E-state index is -0.557. The number of hydrogen-bond acceptors (Lipinski definition) is 5. The van der Waals surface area contributed by atoms with Gasteiger partial charge in [-0.3, -0.25) is 4.79 Å². The Morgan fingerprint density at radius 3 is 2.58 bits per heavy atom. The Balaban J connectivity index is 0.00000243. The van der Waals surface area contributed by atoms with E-state index in [0.29, 0.717) is 49.3 Å². The number of halogens is 2. The maximum absolute atomic E-state index is 12.6. The van der Waals surface area contributed by atoms with Gasteiger partial charge in [0.1, 0.15) is 0 Å². The topological polar surface area (TPSA) is 90.4 Å². The van der Waals surface area contributed by atoms with E-state index in [0.717, 1.165) is 11.3 Å². The van der Waals surface area contributed by atoms with Crippen LogP contribution in [0, 0.1) is 12.3 Å². The molecule has 1 saturated heterocycles. The molecular weight excluding hydrogens is 377 g/mol. The maximum Gasteiger partial charge on any atom is 0.228 e.